The van der Waals surface area contributed by atoms with Crippen molar-refractivity contribution in [1.29, 1.82) is 0 Å². The van der Waals surface area contributed by atoms with Crippen LogP contribution in [0, 0.1) is 0 Å². The zero-order valence-corrected chi connectivity index (χ0v) is 11.4. The molecule has 3 nitrogen and oxygen atoms in total. The molecule has 1 aliphatic heterocycles. The van der Waals surface area contributed by atoms with Gasteiger partial charge in [-0.1, -0.05) is 0 Å². The summed E-state index contributed by atoms with van der Waals surface area (Å²) in [4.78, 5) is 7.05. The van der Waals surface area contributed by atoms with Crippen molar-refractivity contribution in [2.45, 2.75) is 19.3 Å². The average molecular weight is 294 g/mol. The maximum Gasteiger partial charge on any atom is 0.114 e. The largest absolute Gasteiger partial charge is 0.303 e. The van der Waals surface area contributed by atoms with Gasteiger partial charge < -0.3 is 9.30 Å². The number of pyridine rings is 1. The van der Waals surface area contributed by atoms with E-state index in [-0.39, 0.29) is 0 Å². The Kier molecular flexibility index (Phi) is 3.16. The minimum absolute atomic E-state index is 1.03. The van der Waals surface area contributed by atoms with Crippen LogP contribution in [-0.2, 0) is 6.42 Å². The molecule has 2 aromatic rings. The van der Waals surface area contributed by atoms with E-state index in [0.29, 0.717) is 0 Å². The molecule has 0 saturated carbocycles. The molecule has 2 aromatic heterocycles. The highest BCUT2D eigenvalue weighted by Crippen LogP contribution is 2.19. The average Bonchev–Trinajstić information content (AvgIpc) is 2.95. The van der Waals surface area contributed by atoms with Crippen LogP contribution in [0.5, 0.6) is 0 Å². The van der Waals surface area contributed by atoms with Crippen LogP contribution >= 0.6 is 15.9 Å². The second kappa shape index (κ2) is 4.78. The summed E-state index contributed by atoms with van der Waals surface area (Å²) in [6, 6.07) is 4.11. The first kappa shape index (κ1) is 11.2. The van der Waals surface area contributed by atoms with Crippen LogP contribution in [-0.4, -0.2) is 33.9 Å². The van der Waals surface area contributed by atoms with Gasteiger partial charge in [-0.15, -0.1) is 0 Å². The third-order valence-corrected chi connectivity index (χ3v) is 4.12. The van der Waals surface area contributed by atoms with Crippen molar-refractivity contribution in [3.8, 4) is 0 Å². The van der Waals surface area contributed by atoms with E-state index < -0.39 is 0 Å². The third kappa shape index (κ3) is 2.24. The van der Waals surface area contributed by atoms with E-state index in [1.54, 1.807) is 0 Å². The first-order valence-corrected chi connectivity index (χ1v) is 6.97. The van der Waals surface area contributed by atoms with Gasteiger partial charge in [-0.3, -0.25) is 0 Å². The Hall–Kier alpha value is -0.870. The highest BCUT2D eigenvalue weighted by molar-refractivity contribution is 9.10. The van der Waals surface area contributed by atoms with Gasteiger partial charge in [0.05, 0.1) is 11.7 Å². The number of rotatable bonds is 3. The molecule has 0 amide bonds. The van der Waals surface area contributed by atoms with Gasteiger partial charge in [0.25, 0.3) is 0 Å². The number of hydrogen-bond donors (Lipinski definition) is 0. The fourth-order valence-corrected chi connectivity index (χ4v) is 2.94. The Balaban J connectivity index is 1.78. The fourth-order valence-electron chi connectivity index (χ4n) is 2.49. The Bertz CT molecular complexity index is 514. The third-order valence-electron chi connectivity index (χ3n) is 3.45. The summed E-state index contributed by atoms with van der Waals surface area (Å²) in [6.07, 6.45) is 7.78. The Morgan fingerprint density at radius 2 is 2.12 bits per heavy atom. The normalized spacial score (nSPS) is 17.0. The summed E-state index contributed by atoms with van der Waals surface area (Å²) in [5.74, 6) is 1.16. The van der Waals surface area contributed by atoms with E-state index >= 15 is 0 Å². The molecule has 0 spiro atoms. The number of nitrogens with zero attached hydrogens (tertiary/aromatic N) is 3. The lowest BCUT2D eigenvalue weighted by Gasteiger charge is -2.13. The molecule has 1 saturated heterocycles. The van der Waals surface area contributed by atoms with Crippen molar-refractivity contribution >= 4 is 21.4 Å². The molecular formula is C13H16BrN3. The van der Waals surface area contributed by atoms with Gasteiger partial charge in [-0.2, -0.15) is 0 Å². The van der Waals surface area contributed by atoms with E-state index in [4.69, 9.17) is 0 Å². The van der Waals surface area contributed by atoms with Crippen LogP contribution < -0.4 is 0 Å². The maximum absolute atomic E-state index is 4.52. The summed E-state index contributed by atoms with van der Waals surface area (Å²) in [6.45, 7) is 3.64. The van der Waals surface area contributed by atoms with Crippen LogP contribution in [0.1, 0.15) is 18.7 Å². The second-order valence-corrected chi connectivity index (χ2v) is 5.44. The molecule has 0 bridgehead atoms. The zero-order valence-electron chi connectivity index (χ0n) is 9.77. The van der Waals surface area contributed by atoms with E-state index in [9.17, 15) is 0 Å². The highest BCUT2D eigenvalue weighted by Gasteiger charge is 2.12. The lowest BCUT2D eigenvalue weighted by atomic mass is 10.3. The first-order valence-electron chi connectivity index (χ1n) is 6.17. The molecular weight excluding hydrogens is 278 g/mol. The molecule has 1 fully saturated rings. The minimum Gasteiger partial charge on any atom is -0.303 e. The minimum atomic E-state index is 1.03. The van der Waals surface area contributed by atoms with Crippen LogP contribution in [0.4, 0.5) is 0 Å². The molecule has 3 heterocycles. The Morgan fingerprint density at radius 3 is 2.94 bits per heavy atom. The molecule has 0 aromatic carbocycles. The van der Waals surface area contributed by atoms with Crippen LogP contribution in [0.3, 0.4) is 0 Å². The van der Waals surface area contributed by atoms with Crippen molar-refractivity contribution < 1.29 is 0 Å². The van der Waals surface area contributed by atoms with E-state index in [1.807, 2.05) is 6.20 Å². The van der Waals surface area contributed by atoms with Gasteiger partial charge >= 0.3 is 0 Å². The molecule has 0 atom stereocenters. The summed E-state index contributed by atoms with van der Waals surface area (Å²) in [5.41, 5.74) is 1.16. The fraction of sp³-hybridized carbons (Fsp3) is 0.462. The van der Waals surface area contributed by atoms with Crippen LogP contribution in [0.2, 0.25) is 0 Å². The number of fused-ring (bicyclic) bond motifs is 1. The second-order valence-electron chi connectivity index (χ2n) is 4.58. The molecule has 0 N–H and O–H groups in total. The van der Waals surface area contributed by atoms with Gasteiger partial charge in [0.1, 0.15) is 5.82 Å². The highest BCUT2D eigenvalue weighted by atomic mass is 79.9. The number of hydrogen-bond acceptors (Lipinski definition) is 2. The summed E-state index contributed by atoms with van der Waals surface area (Å²) < 4.78 is 3.29. The van der Waals surface area contributed by atoms with Crippen LogP contribution in [0.15, 0.2) is 29.0 Å². The van der Waals surface area contributed by atoms with Gasteiger partial charge in [0.15, 0.2) is 0 Å². The van der Waals surface area contributed by atoms with Gasteiger partial charge in [0.2, 0.25) is 0 Å². The molecule has 0 radical (unpaired) electrons. The van der Waals surface area contributed by atoms with Crippen molar-refractivity contribution in [3.63, 3.8) is 0 Å². The molecule has 3 rings (SSSR count). The Labute approximate surface area is 110 Å². The summed E-state index contributed by atoms with van der Waals surface area (Å²) in [7, 11) is 0. The maximum atomic E-state index is 4.52. The first-order chi connectivity index (χ1) is 8.34. The van der Waals surface area contributed by atoms with E-state index in [0.717, 1.165) is 28.8 Å². The molecule has 17 heavy (non-hydrogen) atoms. The van der Waals surface area contributed by atoms with Crippen molar-refractivity contribution in [2.24, 2.45) is 0 Å². The van der Waals surface area contributed by atoms with Gasteiger partial charge in [0, 0.05) is 23.6 Å². The number of imidazole rings is 1. The lowest BCUT2D eigenvalue weighted by molar-refractivity contribution is 0.340. The van der Waals surface area contributed by atoms with Gasteiger partial charge in [-0.25, -0.2) is 4.98 Å². The number of likely N-dealkylation sites (tertiary alicyclic amines) is 1. The van der Waals surface area contributed by atoms with Crippen molar-refractivity contribution in [2.75, 3.05) is 19.6 Å². The molecule has 4 heteroatoms. The molecule has 90 valence electrons. The monoisotopic (exact) mass is 293 g/mol. The Morgan fingerprint density at radius 1 is 1.29 bits per heavy atom. The lowest BCUT2D eigenvalue weighted by Crippen LogP contribution is -2.22. The van der Waals surface area contributed by atoms with E-state index in [2.05, 4.69) is 48.5 Å². The predicted octanol–water partition coefficient (Wildman–Crippen LogP) is 2.74. The number of aromatic nitrogens is 2. The summed E-state index contributed by atoms with van der Waals surface area (Å²) >= 11 is 3.56. The smallest absolute Gasteiger partial charge is 0.114 e. The van der Waals surface area contributed by atoms with Crippen LogP contribution in [0.25, 0.3) is 5.52 Å². The molecule has 1 aliphatic rings. The predicted molar refractivity (Wildman–Crippen MR) is 72.3 cm³/mol. The van der Waals surface area contributed by atoms with Crippen molar-refractivity contribution in [3.05, 3.63) is 34.8 Å². The molecule has 0 unspecified atom stereocenters. The standard InChI is InChI=1S/C13H16BrN3/c14-11-4-3-8-17-12(11)10-15-13(17)5-9-16-6-1-2-7-16/h3-4,8,10H,1-2,5-7,9H2. The number of halogens is 1. The topological polar surface area (TPSA) is 20.5 Å². The zero-order chi connectivity index (χ0) is 11.7. The SMILES string of the molecule is Brc1cccn2c(CCN3CCCC3)ncc12. The quantitative estimate of drug-likeness (QED) is 0.867. The van der Waals surface area contributed by atoms with Crippen molar-refractivity contribution in [1.82, 2.24) is 14.3 Å². The molecule has 0 aliphatic carbocycles. The van der Waals surface area contributed by atoms with Gasteiger partial charge in [-0.05, 0) is 54.0 Å². The van der Waals surface area contributed by atoms with E-state index in [1.165, 1.54) is 25.9 Å². The summed E-state index contributed by atoms with van der Waals surface area (Å²) in [5, 5.41) is 0.